The van der Waals surface area contributed by atoms with Gasteiger partial charge in [-0.1, -0.05) is 0 Å². The summed E-state index contributed by atoms with van der Waals surface area (Å²) in [6.45, 7) is 2.13. The van der Waals surface area contributed by atoms with Gasteiger partial charge in [0.1, 0.15) is 0 Å². The van der Waals surface area contributed by atoms with Crippen molar-refractivity contribution in [3.8, 4) is 0 Å². The first-order chi connectivity index (χ1) is 6.36. The highest BCUT2D eigenvalue weighted by molar-refractivity contribution is 7.99. The predicted molar refractivity (Wildman–Crippen MR) is 59.8 cm³/mol. The Morgan fingerprint density at radius 2 is 2.08 bits per heavy atom. The molecule has 0 spiro atoms. The van der Waals surface area contributed by atoms with Gasteiger partial charge in [-0.25, -0.2) is 0 Å². The fraction of sp³-hybridized carbons (Fsp3) is 1.00. The summed E-state index contributed by atoms with van der Waals surface area (Å²) in [5.74, 6) is 4.45. The van der Waals surface area contributed by atoms with Crippen LogP contribution in [-0.4, -0.2) is 51.3 Å². The zero-order valence-electron chi connectivity index (χ0n) is 7.91. The summed E-state index contributed by atoms with van der Waals surface area (Å²) >= 11 is 2.08. The van der Waals surface area contributed by atoms with Crippen molar-refractivity contribution in [1.82, 2.24) is 4.90 Å². The highest BCUT2D eigenvalue weighted by atomic mass is 32.2. The van der Waals surface area contributed by atoms with Crippen molar-refractivity contribution >= 4 is 22.6 Å². The van der Waals surface area contributed by atoms with Crippen LogP contribution in [0.1, 0.15) is 12.8 Å². The van der Waals surface area contributed by atoms with E-state index in [-0.39, 0.29) is 0 Å². The molecule has 76 valence electrons. The molecule has 0 bridgehead atoms. The van der Waals surface area contributed by atoms with E-state index in [0.717, 1.165) is 30.6 Å². The van der Waals surface area contributed by atoms with Crippen LogP contribution in [-0.2, 0) is 10.8 Å². The van der Waals surface area contributed by atoms with Crippen LogP contribution in [0.25, 0.3) is 0 Å². The van der Waals surface area contributed by atoms with Gasteiger partial charge in [-0.15, -0.1) is 0 Å². The van der Waals surface area contributed by atoms with Crippen molar-refractivity contribution in [3.63, 3.8) is 0 Å². The molecule has 0 N–H and O–H groups in total. The van der Waals surface area contributed by atoms with Gasteiger partial charge in [0.2, 0.25) is 0 Å². The number of hydrogen-bond acceptors (Lipinski definition) is 3. The number of hydrogen-bond donors (Lipinski definition) is 0. The Balaban J connectivity index is 1.82. The second-order valence-corrected chi connectivity index (χ2v) is 6.60. The minimum Gasteiger partial charge on any atom is -0.298 e. The zero-order valence-corrected chi connectivity index (χ0v) is 9.54. The molecule has 2 nitrogen and oxygen atoms in total. The second kappa shape index (κ2) is 4.80. The van der Waals surface area contributed by atoms with Crippen molar-refractivity contribution in [2.24, 2.45) is 0 Å². The molecule has 0 saturated carbocycles. The molecular formula is C9H17NOS2. The van der Waals surface area contributed by atoms with Crippen LogP contribution in [0, 0.1) is 0 Å². The van der Waals surface area contributed by atoms with Gasteiger partial charge in [-0.2, -0.15) is 11.8 Å². The predicted octanol–water partition coefficient (Wildman–Crippen LogP) is 0.946. The molecule has 2 aliphatic heterocycles. The summed E-state index contributed by atoms with van der Waals surface area (Å²) in [5.41, 5.74) is 0. The van der Waals surface area contributed by atoms with Crippen molar-refractivity contribution < 1.29 is 4.21 Å². The van der Waals surface area contributed by atoms with Gasteiger partial charge in [-0.05, 0) is 18.6 Å². The molecule has 0 aromatic carbocycles. The molecule has 4 heteroatoms. The molecule has 0 aliphatic carbocycles. The lowest BCUT2D eigenvalue weighted by molar-refractivity contribution is 0.218. The first-order valence-electron chi connectivity index (χ1n) is 5.03. The van der Waals surface area contributed by atoms with Crippen LogP contribution >= 0.6 is 11.8 Å². The lowest BCUT2D eigenvalue weighted by atomic mass is 10.1. The van der Waals surface area contributed by atoms with Crippen molar-refractivity contribution in [2.45, 2.75) is 18.9 Å². The third-order valence-corrected chi connectivity index (χ3v) is 5.34. The van der Waals surface area contributed by atoms with Gasteiger partial charge in [0.05, 0.1) is 0 Å². The quantitative estimate of drug-likeness (QED) is 0.655. The summed E-state index contributed by atoms with van der Waals surface area (Å²) in [7, 11) is -0.514. The fourth-order valence-corrected chi connectivity index (χ4v) is 4.30. The van der Waals surface area contributed by atoms with Crippen LogP contribution in [0.4, 0.5) is 0 Å². The Hall–Kier alpha value is 0.460. The van der Waals surface area contributed by atoms with E-state index in [4.69, 9.17) is 0 Å². The Kier molecular flexibility index (Phi) is 3.69. The smallest absolute Gasteiger partial charge is 0.0363 e. The van der Waals surface area contributed by atoms with Crippen LogP contribution in [0.15, 0.2) is 0 Å². The maximum atomic E-state index is 11.2. The first-order valence-corrected chi connectivity index (χ1v) is 7.67. The second-order valence-electron chi connectivity index (χ2n) is 3.76. The minimum atomic E-state index is -0.514. The molecule has 0 amide bonds. The number of thioether (sulfide) groups is 1. The Morgan fingerprint density at radius 1 is 1.31 bits per heavy atom. The van der Waals surface area contributed by atoms with E-state index in [0.29, 0.717) is 0 Å². The van der Waals surface area contributed by atoms with Gasteiger partial charge >= 0.3 is 0 Å². The van der Waals surface area contributed by atoms with Crippen LogP contribution in [0.2, 0.25) is 0 Å². The molecule has 2 fully saturated rings. The summed E-state index contributed by atoms with van der Waals surface area (Å²) < 4.78 is 11.2. The maximum absolute atomic E-state index is 11.2. The standard InChI is InChI=1S/C9H17NOS2/c11-13-6-3-10(4-7-13)9-2-1-5-12-8-9/h9H,1-8H2. The summed E-state index contributed by atoms with van der Waals surface area (Å²) in [5, 5.41) is 0. The normalized spacial score (nSPS) is 33.4. The van der Waals surface area contributed by atoms with Gasteiger partial charge in [0.15, 0.2) is 0 Å². The Labute approximate surface area is 86.9 Å². The van der Waals surface area contributed by atoms with Crippen molar-refractivity contribution in [1.29, 1.82) is 0 Å². The van der Waals surface area contributed by atoms with Gasteiger partial charge in [-0.3, -0.25) is 9.11 Å². The average molecular weight is 219 g/mol. The topological polar surface area (TPSA) is 20.3 Å². The Morgan fingerprint density at radius 3 is 2.69 bits per heavy atom. The average Bonchev–Trinajstić information content (AvgIpc) is 2.20. The van der Waals surface area contributed by atoms with Gasteiger partial charge < -0.3 is 0 Å². The van der Waals surface area contributed by atoms with E-state index in [1.165, 1.54) is 24.3 Å². The van der Waals surface area contributed by atoms with E-state index in [1.54, 1.807) is 0 Å². The molecule has 0 aromatic rings. The summed E-state index contributed by atoms with van der Waals surface area (Å²) in [4.78, 5) is 2.55. The molecule has 0 aromatic heterocycles. The number of nitrogens with zero attached hydrogens (tertiary/aromatic N) is 1. The highest BCUT2D eigenvalue weighted by Gasteiger charge is 2.24. The molecule has 1 atom stereocenters. The molecule has 2 rings (SSSR count). The monoisotopic (exact) mass is 219 g/mol. The lowest BCUT2D eigenvalue weighted by Gasteiger charge is -2.36. The van der Waals surface area contributed by atoms with Crippen LogP contribution in [0.3, 0.4) is 0 Å². The minimum absolute atomic E-state index is 0.514. The molecular weight excluding hydrogens is 202 g/mol. The zero-order chi connectivity index (χ0) is 9.10. The van der Waals surface area contributed by atoms with Crippen molar-refractivity contribution in [2.75, 3.05) is 36.1 Å². The van der Waals surface area contributed by atoms with E-state index in [9.17, 15) is 4.21 Å². The SMILES string of the molecule is O=S1CCN(C2CCCSC2)CC1. The van der Waals surface area contributed by atoms with E-state index in [1.807, 2.05) is 0 Å². The summed E-state index contributed by atoms with van der Waals surface area (Å²) in [6, 6.07) is 0.788. The molecule has 1 unspecified atom stereocenters. The van der Waals surface area contributed by atoms with E-state index in [2.05, 4.69) is 16.7 Å². The molecule has 0 radical (unpaired) electrons. The van der Waals surface area contributed by atoms with Crippen LogP contribution < -0.4 is 0 Å². The first kappa shape index (κ1) is 9.99. The number of rotatable bonds is 1. The third-order valence-electron chi connectivity index (χ3n) is 2.87. The molecule has 2 aliphatic rings. The van der Waals surface area contributed by atoms with Crippen LogP contribution in [0.5, 0.6) is 0 Å². The third kappa shape index (κ3) is 2.70. The van der Waals surface area contributed by atoms with E-state index < -0.39 is 10.8 Å². The Bertz CT molecular complexity index is 182. The lowest BCUT2D eigenvalue weighted by Crippen LogP contribution is -2.46. The maximum Gasteiger partial charge on any atom is 0.0363 e. The molecule has 2 heterocycles. The largest absolute Gasteiger partial charge is 0.298 e. The highest BCUT2D eigenvalue weighted by Crippen LogP contribution is 2.22. The van der Waals surface area contributed by atoms with Crippen molar-refractivity contribution in [3.05, 3.63) is 0 Å². The van der Waals surface area contributed by atoms with Gasteiger partial charge in [0, 0.05) is 47.2 Å². The fourth-order valence-electron chi connectivity index (χ4n) is 2.03. The molecule has 13 heavy (non-hydrogen) atoms. The molecule has 2 saturated heterocycles. The van der Waals surface area contributed by atoms with Gasteiger partial charge in [0.25, 0.3) is 0 Å². The summed E-state index contributed by atoms with van der Waals surface area (Å²) in [6.07, 6.45) is 2.73. The van der Waals surface area contributed by atoms with E-state index >= 15 is 0 Å².